The van der Waals surface area contributed by atoms with E-state index in [1.807, 2.05) is 19.2 Å². The quantitative estimate of drug-likeness (QED) is 0.745. The van der Waals surface area contributed by atoms with Gasteiger partial charge < -0.3 is 0 Å². The minimum atomic E-state index is 0.425. The molecule has 5 nitrogen and oxygen atoms in total. The van der Waals surface area contributed by atoms with Crippen LogP contribution in [0.4, 0.5) is 0 Å². The van der Waals surface area contributed by atoms with Crippen LogP contribution in [0.5, 0.6) is 0 Å². The normalized spacial score (nSPS) is 17.4. The fraction of sp³-hybridized carbons (Fsp3) is 0.353. The third-order valence-electron chi connectivity index (χ3n) is 4.30. The molecule has 1 atom stereocenters. The molecule has 1 unspecified atom stereocenters. The predicted molar refractivity (Wildman–Crippen MR) is 83.6 cm³/mol. The minimum Gasteiger partial charge on any atom is -0.270 e. The molecule has 22 heavy (non-hydrogen) atoms. The van der Waals surface area contributed by atoms with Crippen molar-refractivity contribution in [2.75, 3.05) is 0 Å². The summed E-state index contributed by atoms with van der Waals surface area (Å²) in [6.45, 7) is 3.72. The average molecular weight is 293 g/mol. The third-order valence-corrected chi connectivity index (χ3v) is 4.30. The molecule has 3 heterocycles. The van der Waals surface area contributed by atoms with Crippen LogP contribution in [0.25, 0.3) is 0 Å². The van der Waals surface area contributed by atoms with E-state index in [-0.39, 0.29) is 0 Å². The van der Waals surface area contributed by atoms with Crippen molar-refractivity contribution in [2.45, 2.75) is 38.8 Å². The van der Waals surface area contributed by atoms with Crippen molar-refractivity contribution in [3.63, 3.8) is 0 Å². The van der Waals surface area contributed by atoms with Crippen LogP contribution in [0, 0.1) is 6.92 Å². The first-order valence-electron chi connectivity index (χ1n) is 7.75. The van der Waals surface area contributed by atoms with Crippen LogP contribution < -0.4 is 0 Å². The van der Waals surface area contributed by atoms with Gasteiger partial charge in [-0.25, -0.2) is 9.67 Å². The lowest BCUT2D eigenvalue weighted by molar-refractivity contribution is 0.414. The number of benzene rings is 1. The average Bonchev–Trinajstić information content (AvgIpc) is 3.14. The second-order valence-electron chi connectivity index (χ2n) is 5.90. The molecule has 5 heteroatoms. The van der Waals surface area contributed by atoms with Gasteiger partial charge >= 0.3 is 0 Å². The molecule has 4 rings (SSSR count). The molecular weight excluding hydrogens is 274 g/mol. The van der Waals surface area contributed by atoms with Gasteiger partial charge in [0.25, 0.3) is 0 Å². The molecular formula is C17H19N5. The van der Waals surface area contributed by atoms with E-state index in [0.29, 0.717) is 5.92 Å². The van der Waals surface area contributed by atoms with Gasteiger partial charge in [-0.05, 0) is 31.4 Å². The van der Waals surface area contributed by atoms with E-state index in [1.54, 1.807) is 0 Å². The number of aromatic nitrogens is 5. The lowest BCUT2D eigenvalue weighted by atomic mass is 9.95. The molecule has 1 aliphatic heterocycles. The minimum absolute atomic E-state index is 0.425. The Morgan fingerprint density at radius 2 is 2.05 bits per heavy atom. The summed E-state index contributed by atoms with van der Waals surface area (Å²) in [4.78, 5) is 4.71. The molecule has 0 saturated carbocycles. The fourth-order valence-corrected chi connectivity index (χ4v) is 3.23. The maximum atomic E-state index is 4.71. The first-order chi connectivity index (χ1) is 10.8. The summed E-state index contributed by atoms with van der Waals surface area (Å²) >= 11 is 0. The molecule has 0 radical (unpaired) electrons. The van der Waals surface area contributed by atoms with Gasteiger partial charge in [-0.15, -0.1) is 0 Å². The number of aryl methyl sites for hydroxylation is 2. The first kappa shape index (κ1) is 13.2. The predicted octanol–water partition coefficient (Wildman–Crippen LogP) is 2.56. The van der Waals surface area contributed by atoms with Gasteiger partial charge in [0.1, 0.15) is 11.6 Å². The maximum Gasteiger partial charge on any atom is 0.147 e. The Morgan fingerprint density at radius 3 is 2.91 bits per heavy atom. The van der Waals surface area contributed by atoms with E-state index in [0.717, 1.165) is 37.6 Å². The third kappa shape index (κ3) is 2.43. The van der Waals surface area contributed by atoms with Gasteiger partial charge in [0, 0.05) is 24.4 Å². The van der Waals surface area contributed by atoms with Crippen LogP contribution in [0.1, 0.15) is 35.2 Å². The highest BCUT2D eigenvalue weighted by Gasteiger charge is 2.25. The van der Waals surface area contributed by atoms with Crippen LogP contribution in [0.2, 0.25) is 0 Å². The van der Waals surface area contributed by atoms with E-state index in [9.17, 15) is 0 Å². The molecule has 1 aromatic carbocycles. The Hall–Kier alpha value is -2.43. The highest BCUT2D eigenvalue weighted by atomic mass is 15.4. The molecule has 0 aliphatic carbocycles. The van der Waals surface area contributed by atoms with Crippen molar-refractivity contribution < 1.29 is 0 Å². The van der Waals surface area contributed by atoms with E-state index in [2.05, 4.69) is 49.9 Å². The molecule has 112 valence electrons. The maximum absolute atomic E-state index is 4.71. The highest BCUT2D eigenvalue weighted by molar-refractivity contribution is 5.17. The zero-order valence-electron chi connectivity index (χ0n) is 12.7. The van der Waals surface area contributed by atoms with Gasteiger partial charge in [-0.2, -0.15) is 10.2 Å². The standard InChI is InChI=1S/C17H19N5/c1-13-19-17(15-8-10-21-16(11-15)7-9-18-21)22(20-13)12-14-5-3-2-4-6-14/h2-7,9,15H,8,10-12H2,1H3. The summed E-state index contributed by atoms with van der Waals surface area (Å²) in [7, 11) is 0. The smallest absolute Gasteiger partial charge is 0.147 e. The van der Waals surface area contributed by atoms with E-state index in [1.165, 1.54) is 11.3 Å². The highest BCUT2D eigenvalue weighted by Crippen LogP contribution is 2.28. The van der Waals surface area contributed by atoms with Gasteiger partial charge in [0.05, 0.1) is 6.54 Å². The molecule has 0 amide bonds. The Bertz CT molecular complexity index is 771. The molecule has 0 fully saturated rings. The molecule has 0 bridgehead atoms. The molecule has 0 saturated heterocycles. The van der Waals surface area contributed by atoms with Crippen LogP contribution in [-0.4, -0.2) is 24.5 Å². The SMILES string of the molecule is Cc1nc(C2CCn3nccc3C2)n(Cc2ccccc2)n1. The summed E-state index contributed by atoms with van der Waals surface area (Å²) in [5.74, 6) is 2.38. The number of hydrogen-bond acceptors (Lipinski definition) is 3. The molecule has 2 aromatic heterocycles. The van der Waals surface area contributed by atoms with E-state index >= 15 is 0 Å². The Labute approximate surface area is 129 Å². The summed E-state index contributed by atoms with van der Waals surface area (Å²) < 4.78 is 4.17. The fourth-order valence-electron chi connectivity index (χ4n) is 3.23. The van der Waals surface area contributed by atoms with Crippen molar-refractivity contribution >= 4 is 0 Å². The van der Waals surface area contributed by atoms with Gasteiger partial charge in [0.15, 0.2) is 0 Å². The molecule has 3 aromatic rings. The molecule has 0 N–H and O–H groups in total. The lowest BCUT2D eigenvalue weighted by Gasteiger charge is -2.23. The van der Waals surface area contributed by atoms with Crippen LogP contribution in [-0.2, 0) is 19.5 Å². The first-order valence-corrected chi connectivity index (χ1v) is 7.75. The van der Waals surface area contributed by atoms with Crippen molar-refractivity contribution in [3.05, 3.63) is 65.5 Å². The Morgan fingerprint density at radius 1 is 1.18 bits per heavy atom. The largest absolute Gasteiger partial charge is 0.270 e. The van der Waals surface area contributed by atoms with Gasteiger partial charge in [-0.3, -0.25) is 4.68 Å². The monoisotopic (exact) mass is 293 g/mol. The van der Waals surface area contributed by atoms with Crippen LogP contribution in [0.3, 0.4) is 0 Å². The second-order valence-corrected chi connectivity index (χ2v) is 5.90. The number of rotatable bonds is 3. The summed E-state index contributed by atoms with van der Waals surface area (Å²) in [5, 5.41) is 8.96. The number of hydrogen-bond donors (Lipinski definition) is 0. The zero-order chi connectivity index (χ0) is 14.9. The van der Waals surface area contributed by atoms with Crippen LogP contribution >= 0.6 is 0 Å². The Balaban J connectivity index is 1.62. The van der Waals surface area contributed by atoms with E-state index < -0.39 is 0 Å². The Kier molecular flexibility index (Phi) is 3.25. The molecule has 0 spiro atoms. The van der Waals surface area contributed by atoms with Crippen molar-refractivity contribution in [2.24, 2.45) is 0 Å². The lowest BCUT2D eigenvalue weighted by Crippen LogP contribution is -2.21. The zero-order valence-corrected chi connectivity index (χ0v) is 12.7. The summed E-state index contributed by atoms with van der Waals surface area (Å²) in [6.07, 6.45) is 3.95. The van der Waals surface area contributed by atoms with Crippen molar-refractivity contribution in [1.82, 2.24) is 24.5 Å². The van der Waals surface area contributed by atoms with Crippen molar-refractivity contribution in [1.29, 1.82) is 0 Å². The second kappa shape index (κ2) is 5.40. The van der Waals surface area contributed by atoms with Crippen LogP contribution in [0.15, 0.2) is 42.6 Å². The van der Waals surface area contributed by atoms with Gasteiger partial charge in [-0.1, -0.05) is 30.3 Å². The van der Waals surface area contributed by atoms with Crippen molar-refractivity contribution in [3.8, 4) is 0 Å². The van der Waals surface area contributed by atoms with Gasteiger partial charge in [0.2, 0.25) is 0 Å². The summed E-state index contributed by atoms with van der Waals surface area (Å²) in [5.41, 5.74) is 2.55. The van der Waals surface area contributed by atoms with E-state index in [4.69, 9.17) is 4.98 Å². The molecule has 1 aliphatic rings. The number of fused-ring (bicyclic) bond motifs is 1. The summed E-state index contributed by atoms with van der Waals surface area (Å²) in [6, 6.07) is 12.6. The number of nitrogens with zero attached hydrogens (tertiary/aromatic N) is 5. The topological polar surface area (TPSA) is 48.5 Å².